The molecule has 10 nitrogen and oxygen atoms in total. The van der Waals surface area contributed by atoms with Crippen molar-refractivity contribution in [1.82, 2.24) is 9.88 Å². The molecule has 0 aliphatic carbocycles. The first-order chi connectivity index (χ1) is 15.2. The van der Waals surface area contributed by atoms with E-state index < -0.39 is 41.5 Å². The summed E-state index contributed by atoms with van der Waals surface area (Å²) in [4.78, 5) is 42.7. The lowest BCUT2D eigenvalue weighted by molar-refractivity contribution is -0.167. The van der Waals surface area contributed by atoms with Crippen LogP contribution >= 0.6 is 23.1 Å². The Kier molecular flexibility index (Phi) is 7.28. The number of hydrogen-bond acceptors (Lipinski definition) is 10. The van der Waals surface area contributed by atoms with Gasteiger partial charge in [-0.25, -0.2) is 14.6 Å². The molecule has 1 saturated heterocycles. The summed E-state index contributed by atoms with van der Waals surface area (Å²) in [5.74, 6) is -2.47. The van der Waals surface area contributed by atoms with Crippen molar-refractivity contribution in [3.8, 4) is 0 Å². The molecule has 1 amide bonds. The van der Waals surface area contributed by atoms with Gasteiger partial charge >= 0.3 is 12.1 Å². The fraction of sp³-hybridized carbons (Fsp3) is 0.500. The second-order valence-electron chi connectivity index (χ2n) is 7.61. The Bertz CT molecular complexity index is 973. The van der Waals surface area contributed by atoms with E-state index in [4.69, 9.17) is 4.74 Å². The minimum Gasteiger partial charge on any atom is -0.477 e. The number of nitrogens with zero attached hydrogens (tertiary/aromatic N) is 2. The van der Waals surface area contributed by atoms with Gasteiger partial charge in [0.25, 0.3) is 0 Å². The molecular formula is C20H24N2O8S2. The number of carbonyl (C=O) groups excluding carboxylic acids is 2. The molecule has 0 bridgehead atoms. The minimum atomic E-state index is -1.25. The number of aromatic nitrogens is 1. The number of fused-ring (bicyclic) bond motifs is 1. The van der Waals surface area contributed by atoms with E-state index in [1.807, 2.05) is 0 Å². The highest BCUT2D eigenvalue weighted by Crippen LogP contribution is 2.59. The Labute approximate surface area is 192 Å². The SMILES string of the molecule is COC(=O)OCC[C@@]1(C)C(SC=Cc2scnc2CO)=C(C(=O)O)N2C(=O)[C@H]([C@@H](C)O)[C@@H]21. The quantitative estimate of drug-likeness (QED) is 0.351. The van der Waals surface area contributed by atoms with Gasteiger partial charge in [-0.15, -0.1) is 11.3 Å². The molecule has 2 aliphatic heterocycles. The van der Waals surface area contributed by atoms with Crippen LogP contribution in [0.25, 0.3) is 6.08 Å². The van der Waals surface area contributed by atoms with E-state index in [1.54, 1.807) is 23.9 Å². The Morgan fingerprint density at radius 2 is 2.19 bits per heavy atom. The monoisotopic (exact) mass is 484 g/mol. The highest BCUT2D eigenvalue weighted by Gasteiger charge is 2.65. The average Bonchev–Trinajstić information content (AvgIpc) is 3.27. The van der Waals surface area contributed by atoms with Crippen LogP contribution in [0.3, 0.4) is 0 Å². The van der Waals surface area contributed by atoms with E-state index >= 15 is 0 Å². The lowest BCUT2D eigenvalue weighted by Crippen LogP contribution is -2.66. The van der Waals surface area contributed by atoms with Crippen LogP contribution in [0.2, 0.25) is 0 Å². The largest absolute Gasteiger partial charge is 0.507 e. The molecule has 4 atom stereocenters. The first kappa shape index (κ1) is 24.2. The third-order valence-corrected chi connectivity index (χ3v) is 7.73. The van der Waals surface area contributed by atoms with Crippen LogP contribution < -0.4 is 0 Å². The zero-order valence-electron chi connectivity index (χ0n) is 17.7. The highest BCUT2D eigenvalue weighted by molar-refractivity contribution is 8.06. The van der Waals surface area contributed by atoms with Crippen LogP contribution in [0.1, 0.15) is 30.8 Å². The molecule has 1 fully saturated rings. The summed E-state index contributed by atoms with van der Waals surface area (Å²) in [6.07, 6.45) is 0.104. The second kappa shape index (κ2) is 9.61. The zero-order valence-corrected chi connectivity index (χ0v) is 19.3. The molecular weight excluding hydrogens is 460 g/mol. The van der Waals surface area contributed by atoms with Gasteiger partial charge in [0.2, 0.25) is 5.91 Å². The molecule has 12 heteroatoms. The zero-order chi connectivity index (χ0) is 23.6. The topological polar surface area (TPSA) is 146 Å². The van der Waals surface area contributed by atoms with Gasteiger partial charge < -0.3 is 29.7 Å². The van der Waals surface area contributed by atoms with Crippen molar-refractivity contribution in [3.63, 3.8) is 0 Å². The normalized spacial score (nSPS) is 25.7. The number of aliphatic carboxylic acids is 1. The van der Waals surface area contributed by atoms with Crippen molar-refractivity contribution >= 4 is 47.2 Å². The maximum atomic E-state index is 12.7. The summed E-state index contributed by atoms with van der Waals surface area (Å²) in [7, 11) is 1.18. The first-order valence-electron chi connectivity index (χ1n) is 9.73. The van der Waals surface area contributed by atoms with Crippen molar-refractivity contribution < 1.29 is 39.2 Å². The third-order valence-electron chi connectivity index (χ3n) is 5.73. The molecule has 3 heterocycles. The van der Waals surface area contributed by atoms with Crippen molar-refractivity contribution in [2.24, 2.45) is 11.3 Å². The number of aliphatic hydroxyl groups excluding tert-OH is 2. The summed E-state index contributed by atoms with van der Waals surface area (Å²) < 4.78 is 9.51. The van der Waals surface area contributed by atoms with Gasteiger partial charge in [-0.1, -0.05) is 18.7 Å². The molecule has 0 spiro atoms. The Morgan fingerprint density at radius 3 is 2.78 bits per heavy atom. The number of rotatable bonds is 9. The van der Waals surface area contributed by atoms with Gasteiger partial charge in [-0.2, -0.15) is 0 Å². The third kappa shape index (κ3) is 4.15. The summed E-state index contributed by atoms with van der Waals surface area (Å²) in [5, 5.41) is 31.1. The van der Waals surface area contributed by atoms with E-state index in [9.17, 15) is 29.7 Å². The fourth-order valence-corrected chi connectivity index (χ4v) is 6.09. The van der Waals surface area contributed by atoms with Crippen molar-refractivity contribution in [3.05, 3.63) is 32.1 Å². The number of methoxy groups -OCH3 is 1. The van der Waals surface area contributed by atoms with Crippen LogP contribution in [0.4, 0.5) is 4.79 Å². The molecule has 0 aromatic carbocycles. The summed E-state index contributed by atoms with van der Waals surface area (Å²) >= 11 is 2.47. The van der Waals surface area contributed by atoms with Gasteiger partial charge in [-0.3, -0.25) is 4.79 Å². The molecule has 32 heavy (non-hydrogen) atoms. The number of thioether (sulfide) groups is 1. The number of ether oxygens (including phenoxy) is 2. The lowest BCUT2D eigenvalue weighted by Gasteiger charge is -2.50. The maximum absolute atomic E-state index is 12.7. The molecule has 1 aromatic rings. The molecule has 0 radical (unpaired) electrons. The Morgan fingerprint density at radius 1 is 1.47 bits per heavy atom. The standard InChI is InChI=1S/C20H24N2O8S2/c1-10(24)13-15-20(2,5-6-30-19(28)29-3)16(14(18(26)27)22(15)17(13)25)31-7-4-12-11(8-23)21-9-32-12/h4,7,9-10,13,15,23-24H,5-6,8H2,1-3H3,(H,26,27)/t10-,13-,15-,20-/m1/s1. The van der Waals surface area contributed by atoms with Crippen LogP contribution in [0, 0.1) is 11.3 Å². The van der Waals surface area contributed by atoms with Gasteiger partial charge in [0, 0.05) is 10.3 Å². The molecule has 0 saturated carbocycles. The van der Waals surface area contributed by atoms with Crippen molar-refractivity contribution in [2.75, 3.05) is 13.7 Å². The Balaban J connectivity index is 1.95. The number of carboxylic acids is 1. The fourth-order valence-electron chi connectivity index (χ4n) is 4.18. The van der Waals surface area contributed by atoms with Crippen molar-refractivity contribution in [2.45, 2.75) is 39.0 Å². The van der Waals surface area contributed by atoms with E-state index in [0.717, 1.165) is 16.6 Å². The predicted molar refractivity (Wildman–Crippen MR) is 116 cm³/mol. The summed E-state index contributed by atoms with van der Waals surface area (Å²) in [6.45, 7) is 3.01. The average molecular weight is 485 g/mol. The van der Waals surface area contributed by atoms with Gasteiger partial charge in [0.05, 0.1) is 54.5 Å². The van der Waals surface area contributed by atoms with E-state index in [0.29, 0.717) is 10.6 Å². The van der Waals surface area contributed by atoms with E-state index in [-0.39, 0.29) is 25.3 Å². The van der Waals surface area contributed by atoms with Crippen LogP contribution in [0.15, 0.2) is 21.5 Å². The Hall–Kier alpha value is -2.41. The first-order valence-corrected chi connectivity index (χ1v) is 11.5. The second-order valence-corrected chi connectivity index (χ2v) is 9.42. The number of β-lactam (4-membered cyclic amide) rings is 1. The molecule has 3 rings (SSSR count). The number of carboxylic acid groups (broad SMARTS) is 1. The van der Waals surface area contributed by atoms with Crippen LogP contribution in [-0.2, 0) is 25.7 Å². The molecule has 0 unspecified atom stereocenters. The lowest BCUT2D eigenvalue weighted by atomic mass is 9.68. The van der Waals surface area contributed by atoms with Crippen LogP contribution in [-0.4, -0.2) is 69.1 Å². The molecule has 174 valence electrons. The highest BCUT2D eigenvalue weighted by atomic mass is 32.2. The van der Waals surface area contributed by atoms with E-state index in [2.05, 4.69) is 9.72 Å². The number of hydrogen-bond donors (Lipinski definition) is 3. The number of carbonyl (C=O) groups is 3. The van der Waals surface area contributed by atoms with Crippen molar-refractivity contribution in [1.29, 1.82) is 0 Å². The number of thiazole rings is 1. The van der Waals surface area contributed by atoms with Gasteiger partial charge in [0.15, 0.2) is 0 Å². The molecule has 2 aliphatic rings. The number of amides is 1. The smallest absolute Gasteiger partial charge is 0.477 e. The summed E-state index contributed by atoms with van der Waals surface area (Å²) in [6, 6.07) is -0.588. The van der Waals surface area contributed by atoms with Gasteiger partial charge in [0.1, 0.15) is 5.70 Å². The number of aliphatic hydroxyl groups is 2. The van der Waals surface area contributed by atoms with E-state index in [1.165, 1.54) is 30.3 Å². The minimum absolute atomic E-state index is 0.0571. The molecule has 1 aromatic heterocycles. The van der Waals surface area contributed by atoms with Gasteiger partial charge in [-0.05, 0) is 24.8 Å². The summed E-state index contributed by atoms with van der Waals surface area (Å²) in [5.41, 5.74) is 1.08. The molecule has 3 N–H and O–H groups in total. The predicted octanol–water partition coefficient (Wildman–Crippen LogP) is 2.04. The maximum Gasteiger partial charge on any atom is 0.507 e. The van der Waals surface area contributed by atoms with Crippen LogP contribution in [0.5, 0.6) is 0 Å².